The van der Waals surface area contributed by atoms with Crippen LogP contribution >= 0.6 is 11.3 Å². The van der Waals surface area contributed by atoms with Crippen LogP contribution in [0.3, 0.4) is 0 Å². The highest BCUT2D eigenvalue weighted by Gasteiger charge is 2.21. The fourth-order valence-electron chi connectivity index (χ4n) is 1.97. The topological polar surface area (TPSA) is 58.2 Å². The van der Waals surface area contributed by atoms with Crippen molar-refractivity contribution in [2.75, 3.05) is 11.9 Å². The third-order valence-electron chi connectivity index (χ3n) is 3.40. The van der Waals surface area contributed by atoms with Gasteiger partial charge in [-0.3, -0.25) is 9.59 Å². The van der Waals surface area contributed by atoms with Crippen LogP contribution in [-0.4, -0.2) is 18.4 Å². The van der Waals surface area contributed by atoms with Gasteiger partial charge >= 0.3 is 0 Å². The quantitative estimate of drug-likeness (QED) is 0.891. The van der Waals surface area contributed by atoms with Crippen LogP contribution in [0.1, 0.15) is 32.9 Å². The van der Waals surface area contributed by atoms with E-state index in [-0.39, 0.29) is 11.8 Å². The van der Waals surface area contributed by atoms with Gasteiger partial charge in [0.25, 0.3) is 11.8 Å². The Morgan fingerprint density at radius 1 is 1.10 bits per heavy atom. The first-order valence-corrected chi connectivity index (χ1v) is 7.83. The Labute approximate surface area is 127 Å². The van der Waals surface area contributed by atoms with E-state index in [1.807, 2.05) is 11.4 Å². The van der Waals surface area contributed by atoms with Gasteiger partial charge in [-0.15, -0.1) is 11.3 Å². The molecular weight excluding hydrogens is 284 g/mol. The number of hydrogen-bond donors (Lipinski definition) is 2. The van der Waals surface area contributed by atoms with Crippen LogP contribution in [0.5, 0.6) is 0 Å². The summed E-state index contributed by atoms with van der Waals surface area (Å²) >= 11 is 1.40. The minimum absolute atomic E-state index is 0.0574. The van der Waals surface area contributed by atoms with Crippen LogP contribution in [-0.2, 0) is 0 Å². The molecular formula is C16H16N2O2S. The lowest BCUT2D eigenvalue weighted by Gasteiger charge is -2.06. The molecule has 5 heteroatoms. The van der Waals surface area contributed by atoms with E-state index in [1.54, 1.807) is 30.3 Å². The second-order valence-corrected chi connectivity index (χ2v) is 6.11. The van der Waals surface area contributed by atoms with Crippen molar-refractivity contribution in [1.29, 1.82) is 0 Å². The number of carbonyl (C=O) groups excluding carboxylic acids is 2. The van der Waals surface area contributed by atoms with E-state index >= 15 is 0 Å². The van der Waals surface area contributed by atoms with Gasteiger partial charge in [0.2, 0.25) is 0 Å². The van der Waals surface area contributed by atoms with Gasteiger partial charge in [-0.05, 0) is 54.5 Å². The van der Waals surface area contributed by atoms with Crippen LogP contribution < -0.4 is 10.6 Å². The Kier molecular flexibility index (Phi) is 4.01. The summed E-state index contributed by atoms with van der Waals surface area (Å²) in [5.41, 5.74) is 1.30. The second kappa shape index (κ2) is 6.10. The number of amides is 2. The first-order valence-electron chi connectivity index (χ1n) is 6.95. The Morgan fingerprint density at radius 2 is 1.86 bits per heavy atom. The molecule has 0 saturated heterocycles. The van der Waals surface area contributed by atoms with Crippen molar-refractivity contribution in [3.63, 3.8) is 0 Å². The number of anilines is 1. The maximum atomic E-state index is 11.9. The number of carbonyl (C=O) groups is 2. The molecule has 1 aliphatic rings. The van der Waals surface area contributed by atoms with E-state index in [2.05, 4.69) is 10.6 Å². The zero-order valence-corrected chi connectivity index (χ0v) is 12.3. The average molecular weight is 300 g/mol. The zero-order valence-electron chi connectivity index (χ0n) is 11.5. The molecule has 2 amide bonds. The molecule has 108 valence electrons. The third kappa shape index (κ3) is 3.70. The first-order chi connectivity index (χ1) is 10.2. The van der Waals surface area contributed by atoms with Gasteiger partial charge in [-0.25, -0.2) is 0 Å². The normalized spacial score (nSPS) is 13.7. The molecule has 1 aromatic heterocycles. The minimum atomic E-state index is -0.129. The van der Waals surface area contributed by atoms with Crippen LogP contribution in [0.15, 0.2) is 41.8 Å². The Bertz CT molecular complexity index is 631. The van der Waals surface area contributed by atoms with E-state index in [1.165, 1.54) is 24.2 Å². The van der Waals surface area contributed by atoms with Crippen LogP contribution in [0, 0.1) is 5.92 Å². The summed E-state index contributed by atoms with van der Waals surface area (Å²) in [5, 5.41) is 7.59. The summed E-state index contributed by atoms with van der Waals surface area (Å²) in [6.07, 6.45) is 2.43. The van der Waals surface area contributed by atoms with Crippen molar-refractivity contribution in [2.24, 2.45) is 5.92 Å². The van der Waals surface area contributed by atoms with Crippen molar-refractivity contribution in [3.8, 4) is 0 Å². The van der Waals surface area contributed by atoms with Crippen molar-refractivity contribution >= 4 is 28.8 Å². The molecule has 1 fully saturated rings. The number of rotatable bonds is 5. The SMILES string of the molecule is O=C(NCC1CC1)c1ccc(NC(=O)c2cccs2)cc1. The number of nitrogens with one attached hydrogen (secondary N) is 2. The van der Waals surface area contributed by atoms with Crippen LogP contribution in [0.2, 0.25) is 0 Å². The summed E-state index contributed by atoms with van der Waals surface area (Å²) in [6.45, 7) is 0.760. The van der Waals surface area contributed by atoms with Crippen LogP contribution in [0.25, 0.3) is 0 Å². The van der Waals surface area contributed by atoms with Crippen molar-refractivity contribution < 1.29 is 9.59 Å². The molecule has 1 heterocycles. The lowest BCUT2D eigenvalue weighted by molar-refractivity contribution is 0.0951. The highest BCUT2D eigenvalue weighted by atomic mass is 32.1. The molecule has 1 aliphatic carbocycles. The molecule has 2 N–H and O–H groups in total. The molecule has 0 radical (unpaired) electrons. The van der Waals surface area contributed by atoms with Gasteiger partial charge in [0, 0.05) is 17.8 Å². The summed E-state index contributed by atoms with van der Waals surface area (Å²) < 4.78 is 0. The predicted molar refractivity (Wildman–Crippen MR) is 83.8 cm³/mol. The molecule has 3 rings (SSSR count). The molecule has 1 aromatic carbocycles. The number of benzene rings is 1. The lowest BCUT2D eigenvalue weighted by Crippen LogP contribution is -2.25. The highest BCUT2D eigenvalue weighted by molar-refractivity contribution is 7.12. The number of thiophene rings is 1. The van der Waals surface area contributed by atoms with Gasteiger partial charge in [-0.2, -0.15) is 0 Å². The largest absolute Gasteiger partial charge is 0.352 e. The smallest absolute Gasteiger partial charge is 0.265 e. The van der Waals surface area contributed by atoms with Gasteiger partial charge in [-0.1, -0.05) is 6.07 Å². The molecule has 0 spiro atoms. The van der Waals surface area contributed by atoms with E-state index < -0.39 is 0 Å². The molecule has 0 bridgehead atoms. The molecule has 0 atom stereocenters. The Morgan fingerprint density at radius 3 is 2.48 bits per heavy atom. The number of hydrogen-bond acceptors (Lipinski definition) is 3. The van der Waals surface area contributed by atoms with Crippen molar-refractivity contribution in [2.45, 2.75) is 12.8 Å². The van der Waals surface area contributed by atoms with Gasteiger partial charge < -0.3 is 10.6 Å². The van der Waals surface area contributed by atoms with Gasteiger partial charge in [0.1, 0.15) is 0 Å². The third-order valence-corrected chi connectivity index (χ3v) is 4.27. The fourth-order valence-corrected chi connectivity index (χ4v) is 2.59. The lowest BCUT2D eigenvalue weighted by atomic mass is 10.2. The predicted octanol–water partition coefficient (Wildman–Crippen LogP) is 3.14. The molecule has 1 saturated carbocycles. The van der Waals surface area contributed by atoms with E-state index in [9.17, 15) is 9.59 Å². The van der Waals surface area contributed by atoms with Crippen LogP contribution in [0.4, 0.5) is 5.69 Å². The average Bonchev–Trinajstić information content (AvgIpc) is 3.16. The van der Waals surface area contributed by atoms with Gasteiger partial charge in [0.15, 0.2) is 0 Å². The van der Waals surface area contributed by atoms with Gasteiger partial charge in [0.05, 0.1) is 4.88 Å². The molecule has 0 unspecified atom stereocenters. The summed E-state index contributed by atoms with van der Waals surface area (Å²) in [7, 11) is 0. The maximum absolute atomic E-state index is 11.9. The monoisotopic (exact) mass is 300 g/mol. The second-order valence-electron chi connectivity index (χ2n) is 5.16. The summed E-state index contributed by atoms with van der Waals surface area (Å²) in [5.74, 6) is 0.479. The first kappa shape index (κ1) is 13.8. The Hall–Kier alpha value is -2.14. The molecule has 21 heavy (non-hydrogen) atoms. The van der Waals surface area contributed by atoms with Crippen molar-refractivity contribution in [3.05, 3.63) is 52.2 Å². The highest BCUT2D eigenvalue weighted by Crippen LogP contribution is 2.27. The van der Waals surface area contributed by atoms with E-state index in [0.29, 0.717) is 22.0 Å². The fraction of sp³-hybridized carbons (Fsp3) is 0.250. The Balaban J connectivity index is 1.58. The minimum Gasteiger partial charge on any atom is -0.352 e. The zero-order chi connectivity index (χ0) is 14.7. The summed E-state index contributed by atoms with van der Waals surface area (Å²) in [6, 6.07) is 10.6. The standard InChI is InChI=1S/C16H16N2O2S/c19-15(17-10-11-3-4-11)12-5-7-13(8-6-12)18-16(20)14-2-1-9-21-14/h1-2,5-9,11H,3-4,10H2,(H,17,19)(H,18,20). The molecule has 4 nitrogen and oxygen atoms in total. The van der Waals surface area contributed by atoms with Crippen molar-refractivity contribution in [1.82, 2.24) is 5.32 Å². The van der Waals surface area contributed by atoms with E-state index in [4.69, 9.17) is 0 Å². The summed E-state index contributed by atoms with van der Waals surface area (Å²) in [4.78, 5) is 24.5. The van der Waals surface area contributed by atoms with E-state index in [0.717, 1.165) is 6.54 Å². The molecule has 2 aromatic rings. The molecule has 0 aliphatic heterocycles. The maximum Gasteiger partial charge on any atom is 0.265 e.